The third-order valence-corrected chi connectivity index (χ3v) is 4.19. The molecule has 0 saturated carbocycles. The van der Waals surface area contributed by atoms with Gasteiger partial charge >= 0.3 is 0 Å². The number of sulfone groups is 1. The molecule has 1 aliphatic heterocycles. The van der Waals surface area contributed by atoms with Gasteiger partial charge in [-0.05, 0) is 6.26 Å². The van der Waals surface area contributed by atoms with Gasteiger partial charge in [-0.25, -0.2) is 8.42 Å². The molecule has 0 aromatic carbocycles. The maximum absolute atomic E-state index is 10.8. The van der Waals surface area contributed by atoms with Crippen molar-refractivity contribution in [3.8, 4) is 0 Å². The van der Waals surface area contributed by atoms with E-state index in [0.29, 0.717) is 0 Å². The molecule has 5 heteroatoms. The molecule has 1 heterocycles. The highest BCUT2D eigenvalue weighted by atomic mass is 32.2. The second-order valence-electron chi connectivity index (χ2n) is 2.25. The van der Waals surface area contributed by atoms with Crippen LogP contribution < -0.4 is 0 Å². The van der Waals surface area contributed by atoms with Crippen LogP contribution in [0.3, 0.4) is 0 Å². The summed E-state index contributed by atoms with van der Waals surface area (Å²) in [5, 5.41) is -0.301. The molecule has 3 nitrogen and oxygen atoms in total. The second kappa shape index (κ2) is 2.54. The topological polar surface area (TPSA) is 51.2 Å². The molecule has 1 saturated heterocycles. The summed E-state index contributed by atoms with van der Waals surface area (Å²) in [6, 6.07) is 0. The molecule has 1 fully saturated rings. The van der Waals surface area contributed by atoms with Crippen LogP contribution in [0.1, 0.15) is 0 Å². The third-order valence-electron chi connectivity index (χ3n) is 1.41. The van der Waals surface area contributed by atoms with Gasteiger partial charge in [0.05, 0.1) is 11.0 Å². The Labute approximate surface area is 64.1 Å². The Bertz CT molecular complexity index is 242. The lowest BCUT2D eigenvalue weighted by molar-refractivity contribution is -0.115. The molecule has 10 heavy (non-hydrogen) atoms. The fraction of sp³-hybridized carbons (Fsp3) is 0.800. The summed E-state index contributed by atoms with van der Waals surface area (Å²) < 4.78 is 21.6. The van der Waals surface area contributed by atoms with Crippen molar-refractivity contribution in [1.29, 1.82) is 0 Å². The number of ketones is 1. The first-order chi connectivity index (χ1) is 4.55. The van der Waals surface area contributed by atoms with Gasteiger partial charge in [-0.2, -0.15) is 11.8 Å². The van der Waals surface area contributed by atoms with E-state index in [-0.39, 0.29) is 22.5 Å². The highest BCUT2D eigenvalue weighted by molar-refractivity contribution is 8.02. The van der Waals surface area contributed by atoms with Gasteiger partial charge in [-0.1, -0.05) is 0 Å². The fourth-order valence-electron chi connectivity index (χ4n) is 0.892. The predicted molar refractivity (Wildman–Crippen MR) is 41.0 cm³/mol. The molecule has 0 N–H and O–H groups in total. The van der Waals surface area contributed by atoms with Crippen LogP contribution in [-0.4, -0.2) is 37.2 Å². The van der Waals surface area contributed by atoms with Crippen molar-refractivity contribution in [2.45, 2.75) is 5.25 Å². The molecule has 0 radical (unpaired) electrons. The highest BCUT2D eigenvalue weighted by Gasteiger charge is 2.35. The highest BCUT2D eigenvalue weighted by Crippen LogP contribution is 2.18. The summed E-state index contributed by atoms with van der Waals surface area (Å²) in [6.07, 6.45) is 1.75. The van der Waals surface area contributed by atoms with Crippen LogP contribution in [0.2, 0.25) is 0 Å². The van der Waals surface area contributed by atoms with E-state index in [9.17, 15) is 13.2 Å². The van der Waals surface area contributed by atoms with Gasteiger partial charge in [0.15, 0.2) is 15.6 Å². The van der Waals surface area contributed by atoms with Crippen molar-refractivity contribution in [2.75, 3.05) is 17.8 Å². The van der Waals surface area contributed by atoms with Crippen molar-refractivity contribution in [2.24, 2.45) is 0 Å². The lowest BCUT2D eigenvalue weighted by atomic mass is 10.3. The van der Waals surface area contributed by atoms with Gasteiger partial charge in [0.25, 0.3) is 0 Å². The van der Waals surface area contributed by atoms with Crippen LogP contribution in [0.4, 0.5) is 0 Å². The van der Waals surface area contributed by atoms with Crippen molar-refractivity contribution >= 4 is 27.4 Å². The number of Topliss-reactive ketones (excluding diaryl/α,β-unsaturated/α-hetero) is 1. The van der Waals surface area contributed by atoms with E-state index in [4.69, 9.17) is 0 Å². The van der Waals surface area contributed by atoms with Crippen LogP contribution in [0, 0.1) is 0 Å². The van der Waals surface area contributed by atoms with E-state index >= 15 is 0 Å². The van der Waals surface area contributed by atoms with E-state index in [2.05, 4.69) is 0 Å². The first kappa shape index (κ1) is 8.07. The molecule has 0 aromatic rings. The molecule has 1 atom stereocenters. The number of thioether (sulfide) groups is 1. The van der Waals surface area contributed by atoms with Crippen molar-refractivity contribution in [3.63, 3.8) is 0 Å². The Kier molecular flexibility index (Phi) is 2.05. The van der Waals surface area contributed by atoms with Gasteiger partial charge in [0, 0.05) is 0 Å². The van der Waals surface area contributed by atoms with E-state index in [1.165, 1.54) is 11.8 Å². The summed E-state index contributed by atoms with van der Waals surface area (Å²) in [7, 11) is -3.03. The molecule has 0 aromatic heterocycles. The molecule has 1 aliphatic rings. The number of carbonyl (C=O) groups excluding carboxylic acids is 1. The maximum Gasteiger partial charge on any atom is 0.161 e. The Morgan fingerprint density at radius 3 is 2.40 bits per heavy atom. The van der Waals surface area contributed by atoms with Crippen LogP contribution in [0.25, 0.3) is 0 Å². The summed E-state index contributed by atoms with van der Waals surface area (Å²) >= 11 is 1.31. The predicted octanol–water partition coefficient (Wildman–Crippen LogP) is -0.284. The number of rotatable bonds is 1. The number of hydrogen-bond acceptors (Lipinski definition) is 4. The van der Waals surface area contributed by atoms with Gasteiger partial charge in [0.2, 0.25) is 0 Å². The normalized spacial score (nSPS) is 30.9. The van der Waals surface area contributed by atoms with Crippen LogP contribution in [-0.2, 0) is 14.6 Å². The molecular weight excluding hydrogens is 172 g/mol. The molecule has 58 valence electrons. The SMILES string of the molecule is CSC1CS(=O)(=O)CC1=O. The van der Waals surface area contributed by atoms with E-state index in [0.717, 1.165) is 0 Å². The van der Waals surface area contributed by atoms with Gasteiger partial charge in [-0.15, -0.1) is 0 Å². The van der Waals surface area contributed by atoms with Crippen molar-refractivity contribution < 1.29 is 13.2 Å². The van der Waals surface area contributed by atoms with Crippen molar-refractivity contribution in [1.82, 2.24) is 0 Å². The summed E-state index contributed by atoms with van der Waals surface area (Å²) in [4.78, 5) is 10.8. The quantitative estimate of drug-likeness (QED) is 0.556. The minimum atomic E-state index is -3.03. The molecule has 0 spiro atoms. The minimum Gasteiger partial charge on any atom is -0.297 e. The monoisotopic (exact) mass is 180 g/mol. The smallest absolute Gasteiger partial charge is 0.161 e. The zero-order valence-corrected chi connectivity index (χ0v) is 7.17. The Hall–Kier alpha value is -0.0300. The largest absolute Gasteiger partial charge is 0.297 e. The maximum atomic E-state index is 10.8. The van der Waals surface area contributed by atoms with Crippen LogP contribution >= 0.6 is 11.8 Å². The lowest BCUT2D eigenvalue weighted by Crippen LogP contribution is -2.12. The first-order valence-electron chi connectivity index (χ1n) is 2.81. The fourth-order valence-corrected chi connectivity index (χ4v) is 3.91. The van der Waals surface area contributed by atoms with E-state index in [1.54, 1.807) is 6.26 Å². The standard InChI is InChI=1S/C5H8O3S2/c1-9-5-3-10(7,8)2-4(5)6/h5H,2-3H2,1H3. The second-order valence-corrected chi connectivity index (χ2v) is 5.39. The zero-order chi connectivity index (χ0) is 7.78. The number of carbonyl (C=O) groups is 1. The Morgan fingerprint density at radius 2 is 2.20 bits per heavy atom. The summed E-state index contributed by atoms with van der Waals surface area (Å²) in [5.41, 5.74) is 0. The average Bonchev–Trinajstić information content (AvgIpc) is 2.05. The molecule has 1 rings (SSSR count). The minimum absolute atomic E-state index is 0.0347. The van der Waals surface area contributed by atoms with Gasteiger partial charge < -0.3 is 0 Å². The van der Waals surface area contributed by atoms with Crippen LogP contribution in [0.15, 0.2) is 0 Å². The summed E-state index contributed by atoms with van der Waals surface area (Å²) in [5.74, 6) is -0.363. The van der Waals surface area contributed by atoms with Crippen molar-refractivity contribution in [3.05, 3.63) is 0 Å². The lowest BCUT2D eigenvalue weighted by Gasteiger charge is -1.97. The first-order valence-corrected chi connectivity index (χ1v) is 5.92. The average molecular weight is 180 g/mol. The molecule has 1 unspecified atom stereocenters. The van der Waals surface area contributed by atoms with E-state index < -0.39 is 9.84 Å². The Balaban J connectivity index is 2.80. The number of hydrogen-bond donors (Lipinski definition) is 0. The Morgan fingerprint density at radius 1 is 1.60 bits per heavy atom. The van der Waals surface area contributed by atoms with Gasteiger partial charge in [0.1, 0.15) is 5.75 Å². The zero-order valence-electron chi connectivity index (χ0n) is 5.53. The molecule has 0 aliphatic carbocycles. The molecule has 0 bridgehead atoms. The van der Waals surface area contributed by atoms with E-state index in [1.807, 2.05) is 0 Å². The molecular formula is C5H8O3S2. The van der Waals surface area contributed by atoms with Crippen LogP contribution in [0.5, 0.6) is 0 Å². The van der Waals surface area contributed by atoms with Gasteiger partial charge in [-0.3, -0.25) is 4.79 Å². The summed E-state index contributed by atoms with van der Waals surface area (Å²) in [6.45, 7) is 0. The third kappa shape index (κ3) is 1.52. The molecule has 0 amide bonds.